The van der Waals surface area contributed by atoms with Crippen molar-refractivity contribution < 1.29 is 9.26 Å². The van der Waals surface area contributed by atoms with E-state index in [0.717, 1.165) is 30.6 Å². The van der Waals surface area contributed by atoms with Gasteiger partial charge in [-0.15, -0.1) is 0 Å². The minimum atomic E-state index is 0.824. The first-order chi connectivity index (χ1) is 6.18. The smallest absolute Gasteiger partial charge is 0.133 e. The van der Waals surface area contributed by atoms with Crippen LogP contribution in [0.3, 0.4) is 0 Å². The number of ether oxygens (including phenoxy) is 1. The van der Waals surface area contributed by atoms with E-state index in [-0.39, 0.29) is 0 Å². The minimum absolute atomic E-state index is 0.824. The van der Waals surface area contributed by atoms with Crippen LogP contribution in [0.4, 0.5) is 0 Å². The Kier molecular flexibility index (Phi) is 3.96. The van der Waals surface area contributed by atoms with Crippen LogP contribution in [0.15, 0.2) is 10.6 Å². The van der Waals surface area contributed by atoms with Crippen LogP contribution in [0.25, 0.3) is 0 Å². The Balaban J connectivity index is 0.000000132. The van der Waals surface area contributed by atoms with E-state index in [0.29, 0.717) is 0 Å². The molecule has 1 aliphatic heterocycles. The monoisotopic (exact) mass is 183 g/mol. The van der Waals surface area contributed by atoms with Crippen LogP contribution in [0.2, 0.25) is 0 Å². The Bertz CT molecular complexity index is 222. The number of rotatable bonds is 0. The van der Waals surface area contributed by atoms with Crippen LogP contribution in [0.5, 0.6) is 0 Å². The van der Waals surface area contributed by atoms with Gasteiger partial charge < -0.3 is 9.26 Å². The van der Waals surface area contributed by atoms with E-state index < -0.39 is 0 Å². The highest BCUT2D eigenvalue weighted by Crippen LogP contribution is 2.09. The lowest BCUT2D eigenvalue weighted by molar-refractivity contribution is 0.188. The average molecular weight is 183 g/mol. The second-order valence-electron chi connectivity index (χ2n) is 3.55. The van der Waals surface area contributed by atoms with Gasteiger partial charge in [-0.25, -0.2) is 0 Å². The zero-order valence-electron chi connectivity index (χ0n) is 8.54. The van der Waals surface area contributed by atoms with E-state index in [2.05, 4.69) is 12.1 Å². The summed E-state index contributed by atoms with van der Waals surface area (Å²) >= 11 is 0. The second kappa shape index (κ2) is 5.02. The molecule has 1 aliphatic rings. The standard InChI is InChI=1S/C5H7NO.C5H10O/c1-4-3-5(2)7-6-4;1-5-2-3-6-4-5/h3H,1-2H3;5H,2-4H2,1H3. The summed E-state index contributed by atoms with van der Waals surface area (Å²) in [6.07, 6.45) is 1.26. The van der Waals surface area contributed by atoms with Crippen molar-refractivity contribution >= 4 is 0 Å². The number of aromatic nitrogens is 1. The first kappa shape index (κ1) is 10.3. The van der Waals surface area contributed by atoms with Crippen molar-refractivity contribution in [3.8, 4) is 0 Å². The summed E-state index contributed by atoms with van der Waals surface area (Å²) in [4.78, 5) is 0. The molecule has 2 heterocycles. The molecular weight excluding hydrogens is 166 g/mol. The summed E-state index contributed by atoms with van der Waals surface area (Å²) in [5.74, 6) is 1.70. The molecule has 0 aromatic carbocycles. The third kappa shape index (κ3) is 4.08. The molecule has 13 heavy (non-hydrogen) atoms. The lowest BCUT2D eigenvalue weighted by Crippen LogP contribution is -1.88. The molecule has 0 radical (unpaired) electrons. The molecule has 0 bridgehead atoms. The van der Waals surface area contributed by atoms with Gasteiger partial charge >= 0.3 is 0 Å². The summed E-state index contributed by atoms with van der Waals surface area (Å²) in [6.45, 7) is 7.96. The zero-order chi connectivity index (χ0) is 9.68. The van der Waals surface area contributed by atoms with Crippen LogP contribution in [-0.2, 0) is 4.74 Å². The maximum absolute atomic E-state index is 5.06. The van der Waals surface area contributed by atoms with E-state index in [1.807, 2.05) is 19.9 Å². The molecule has 1 aromatic rings. The molecule has 0 amide bonds. The topological polar surface area (TPSA) is 35.3 Å². The first-order valence-corrected chi connectivity index (χ1v) is 4.66. The van der Waals surface area contributed by atoms with E-state index >= 15 is 0 Å². The molecule has 3 nitrogen and oxygen atoms in total. The van der Waals surface area contributed by atoms with Crippen molar-refractivity contribution in [1.29, 1.82) is 0 Å². The minimum Gasteiger partial charge on any atom is -0.381 e. The molecule has 74 valence electrons. The fraction of sp³-hybridized carbons (Fsp3) is 0.700. The summed E-state index contributed by atoms with van der Waals surface area (Å²) in [7, 11) is 0. The SMILES string of the molecule is CC1CCOC1.Cc1cc(C)on1. The summed E-state index contributed by atoms with van der Waals surface area (Å²) in [6, 6.07) is 1.89. The van der Waals surface area contributed by atoms with Crippen molar-refractivity contribution in [2.45, 2.75) is 27.2 Å². The third-order valence-electron chi connectivity index (χ3n) is 1.90. The molecule has 3 heteroatoms. The van der Waals surface area contributed by atoms with Gasteiger partial charge in [-0.3, -0.25) is 0 Å². The van der Waals surface area contributed by atoms with E-state index in [1.54, 1.807) is 0 Å². The van der Waals surface area contributed by atoms with Gasteiger partial charge in [0.1, 0.15) is 5.76 Å². The van der Waals surface area contributed by atoms with Gasteiger partial charge in [0.25, 0.3) is 0 Å². The number of hydrogen-bond donors (Lipinski definition) is 0. The number of aryl methyl sites for hydroxylation is 2. The number of nitrogens with zero attached hydrogens (tertiary/aromatic N) is 1. The molecule has 2 rings (SSSR count). The molecule has 1 atom stereocenters. The first-order valence-electron chi connectivity index (χ1n) is 4.66. The normalized spacial score (nSPS) is 21.0. The quantitative estimate of drug-likeness (QED) is 0.619. The molecule has 0 spiro atoms. The van der Waals surface area contributed by atoms with Gasteiger partial charge in [0.2, 0.25) is 0 Å². The van der Waals surface area contributed by atoms with E-state index in [9.17, 15) is 0 Å². The molecule has 1 unspecified atom stereocenters. The fourth-order valence-electron chi connectivity index (χ4n) is 1.14. The largest absolute Gasteiger partial charge is 0.381 e. The van der Waals surface area contributed by atoms with Gasteiger partial charge in [0.15, 0.2) is 0 Å². The molecule has 0 saturated carbocycles. The third-order valence-corrected chi connectivity index (χ3v) is 1.90. The van der Waals surface area contributed by atoms with Crippen molar-refractivity contribution in [2.24, 2.45) is 5.92 Å². The Morgan fingerprint density at radius 2 is 2.23 bits per heavy atom. The molecule has 1 fully saturated rings. The molecule has 1 saturated heterocycles. The Morgan fingerprint density at radius 1 is 1.46 bits per heavy atom. The van der Waals surface area contributed by atoms with Crippen LogP contribution in [0.1, 0.15) is 24.8 Å². The van der Waals surface area contributed by atoms with Gasteiger partial charge in [0, 0.05) is 19.3 Å². The highest BCUT2D eigenvalue weighted by atomic mass is 16.5. The highest BCUT2D eigenvalue weighted by Gasteiger charge is 2.07. The molecule has 1 aromatic heterocycles. The van der Waals surface area contributed by atoms with Crippen molar-refractivity contribution in [1.82, 2.24) is 5.16 Å². The van der Waals surface area contributed by atoms with Crippen LogP contribution in [0, 0.1) is 19.8 Å². The van der Waals surface area contributed by atoms with Crippen molar-refractivity contribution in [3.05, 3.63) is 17.5 Å². The van der Waals surface area contributed by atoms with E-state index in [4.69, 9.17) is 9.26 Å². The Labute approximate surface area is 79.1 Å². The van der Waals surface area contributed by atoms with Gasteiger partial charge in [0.05, 0.1) is 5.69 Å². The van der Waals surface area contributed by atoms with Crippen LogP contribution < -0.4 is 0 Å². The zero-order valence-corrected chi connectivity index (χ0v) is 8.54. The second-order valence-corrected chi connectivity index (χ2v) is 3.55. The predicted octanol–water partition coefficient (Wildman–Crippen LogP) is 2.33. The number of hydrogen-bond acceptors (Lipinski definition) is 3. The summed E-state index contributed by atoms with van der Waals surface area (Å²) in [5.41, 5.74) is 0.942. The van der Waals surface area contributed by atoms with Crippen LogP contribution >= 0.6 is 0 Å². The molecule has 0 aliphatic carbocycles. The predicted molar refractivity (Wildman–Crippen MR) is 50.6 cm³/mol. The highest BCUT2D eigenvalue weighted by molar-refractivity contribution is 4.99. The van der Waals surface area contributed by atoms with Crippen LogP contribution in [-0.4, -0.2) is 18.4 Å². The maximum Gasteiger partial charge on any atom is 0.133 e. The summed E-state index contributed by atoms with van der Waals surface area (Å²) < 4.78 is 9.77. The van der Waals surface area contributed by atoms with Crippen molar-refractivity contribution in [3.63, 3.8) is 0 Å². The molecular formula is C10H17NO2. The summed E-state index contributed by atoms with van der Waals surface area (Å²) in [5, 5.41) is 3.64. The van der Waals surface area contributed by atoms with Gasteiger partial charge in [-0.05, 0) is 26.2 Å². The maximum atomic E-state index is 5.06. The Hall–Kier alpha value is -0.830. The Morgan fingerprint density at radius 3 is 2.38 bits per heavy atom. The fourth-order valence-corrected chi connectivity index (χ4v) is 1.14. The van der Waals surface area contributed by atoms with Gasteiger partial charge in [-0.1, -0.05) is 12.1 Å². The molecule has 0 N–H and O–H groups in total. The van der Waals surface area contributed by atoms with Crippen molar-refractivity contribution in [2.75, 3.05) is 13.2 Å². The lowest BCUT2D eigenvalue weighted by atomic mass is 10.2. The van der Waals surface area contributed by atoms with Gasteiger partial charge in [-0.2, -0.15) is 0 Å². The lowest BCUT2D eigenvalue weighted by Gasteiger charge is -1.89. The van der Waals surface area contributed by atoms with E-state index in [1.165, 1.54) is 6.42 Å². The average Bonchev–Trinajstić information content (AvgIpc) is 2.64.